The number of nitro benzene ring substituents is 1. The summed E-state index contributed by atoms with van der Waals surface area (Å²) in [7, 11) is 0. The summed E-state index contributed by atoms with van der Waals surface area (Å²) in [4.78, 5) is 18.3. The molecule has 0 aliphatic heterocycles. The summed E-state index contributed by atoms with van der Waals surface area (Å²) in [5, 5.41) is 10.7. The molecule has 0 radical (unpaired) electrons. The van der Waals surface area contributed by atoms with E-state index in [0.29, 0.717) is 16.7 Å². The van der Waals surface area contributed by atoms with Gasteiger partial charge in [0.05, 0.1) is 21.7 Å². The number of rotatable bonds is 1. The van der Waals surface area contributed by atoms with E-state index < -0.39 is 4.92 Å². The number of halogens is 1. The van der Waals surface area contributed by atoms with Gasteiger partial charge in [-0.15, -0.1) is 0 Å². The molecule has 0 bridgehead atoms. The molecule has 0 fully saturated rings. The van der Waals surface area contributed by atoms with Crippen LogP contribution < -0.4 is 0 Å². The summed E-state index contributed by atoms with van der Waals surface area (Å²) >= 11 is 5.73. The Balaban J connectivity index is 2.77. The molecule has 15 heavy (non-hydrogen) atoms. The van der Waals surface area contributed by atoms with Crippen molar-refractivity contribution in [2.45, 2.75) is 6.92 Å². The number of hydrogen-bond donors (Lipinski definition) is 0. The van der Waals surface area contributed by atoms with E-state index in [1.165, 1.54) is 12.1 Å². The number of nitro groups is 1. The van der Waals surface area contributed by atoms with Crippen molar-refractivity contribution in [3.8, 4) is 0 Å². The predicted octanol–water partition coefficient (Wildman–Crippen LogP) is 2.50. The highest BCUT2D eigenvalue weighted by atomic mass is 35.5. The van der Waals surface area contributed by atoms with Crippen molar-refractivity contribution >= 4 is 28.3 Å². The van der Waals surface area contributed by atoms with E-state index >= 15 is 0 Å². The van der Waals surface area contributed by atoms with Crippen molar-refractivity contribution in [3.05, 3.63) is 39.2 Å². The predicted molar refractivity (Wildman–Crippen MR) is 55.9 cm³/mol. The van der Waals surface area contributed by atoms with Gasteiger partial charge in [-0.3, -0.25) is 15.1 Å². The second-order valence-electron chi connectivity index (χ2n) is 3.06. The molecule has 1 heterocycles. The van der Waals surface area contributed by atoms with Gasteiger partial charge in [-0.05, 0) is 13.0 Å². The smallest absolute Gasteiger partial charge is 0.258 e. The maximum atomic E-state index is 10.6. The second-order valence-corrected chi connectivity index (χ2v) is 3.47. The zero-order valence-electron chi connectivity index (χ0n) is 7.77. The van der Waals surface area contributed by atoms with Crippen LogP contribution in [0.3, 0.4) is 0 Å². The molecule has 0 aliphatic carbocycles. The van der Waals surface area contributed by atoms with Gasteiger partial charge >= 0.3 is 0 Å². The van der Waals surface area contributed by atoms with Gasteiger partial charge in [0, 0.05) is 12.3 Å². The second kappa shape index (κ2) is 3.43. The lowest BCUT2D eigenvalue weighted by Gasteiger charge is -1.99. The number of aromatic nitrogens is 2. The van der Waals surface area contributed by atoms with Crippen molar-refractivity contribution in [2.75, 3.05) is 0 Å². The van der Waals surface area contributed by atoms with Crippen LogP contribution in [0.15, 0.2) is 18.3 Å². The van der Waals surface area contributed by atoms with Crippen LogP contribution >= 0.6 is 11.6 Å². The summed E-state index contributed by atoms with van der Waals surface area (Å²) < 4.78 is 0. The molecule has 2 aromatic rings. The monoisotopic (exact) mass is 223 g/mol. The van der Waals surface area contributed by atoms with E-state index in [4.69, 9.17) is 11.6 Å². The van der Waals surface area contributed by atoms with Gasteiger partial charge in [0.25, 0.3) is 5.69 Å². The first-order valence-corrected chi connectivity index (χ1v) is 4.53. The number of benzene rings is 1. The normalized spacial score (nSPS) is 10.5. The number of aryl methyl sites for hydroxylation is 1. The molecule has 0 amide bonds. The summed E-state index contributed by atoms with van der Waals surface area (Å²) in [5.41, 5.74) is 1.59. The average molecular weight is 224 g/mol. The molecule has 1 aromatic carbocycles. The Labute approximate surface area is 89.9 Å². The van der Waals surface area contributed by atoms with Crippen molar-refractivity contribution in [1.82, 2.24) is 9.97 Å². The third kappa shape index (κ3) is 1.73. The van der Waals surface area contributed by atoms with Gasteiger partial charge in [-0.25, -0.2) is 4.98 Å². The molecule has 6 heteroatoms. The highest BCUT2D eigenvalue weighted by Gasteiger charge is 2.14. The minimum atomic E-state index is -0.536. The highest BCUT2D eigenvalue weighted by Crippen LogP contribution is 2.27. The Morgan fingerprint density at radius 1 is 1.40 bits per heavy atom. The summed E-state index contributed by atoms with van der Waals surface area (Å²) in [6.45, 7) is 1.77. The molecule has 5 nitrogen and oxygen atoms in total. The molecule has 2 rings (SSSR count). The molecule has 0 atom stereocenters. The molecule has 0 N–H and O–H groups in total. The van der Waals surface area contributed by atoms with Gasteiger partial charge in [-0.1, -0.05) is 11.6 Å². The number of nitrogens with zero attached hydrogens (tertiary/aromatic N) is 3. The molecular weight excluding hydrogens is 218 g/mol. The molecule has 76 valence electrons. The van der Waals surface area contributed by atoms with Crippen molar-refractivity contribution < 1.29 is 4.92 Å². The zero-order chi connectivity index (χ0) is 11.0. The van der Waals surface area contributed by atoms with E-state index in [9.17, 15) is 10.1 Å². The van der Waals surface area contributed by atoms with Crippen LogP contribution in [0.5, 0.6) is 0 Å². The first-order chi connectivity index (χ1) is 7.08. The third-order valence-corrected chi connectivity index (χ3v) is 2.23. The SMILES string of the molecule is Cc1cnc2cc(Cl)c([N+](=O)[O-])cc2n1. The van der Waals surface area contributed by atoms with Crippen LogP contribution in [-0.4, -0.2) is 14.9 Å². The van der Waals surface area contributed by atoms with Crippen LogP contribution in [0.4, 0.5) is 5.69 Å². The van der Waals surface area contributed by atoms with E-state index in [1.54, 1.807) is 13.1 Å². The maximum Gasteiger partial charge on any atom is 0.290 e. The Bertz CT molecular complexity index is 556. The van der Waals surface area contributed by atoms with Crippen LogP contribution in [0.1, 0.15) is 5.69 Å². The van der Waals surface area contributed by atoms with E-state index in [2.05, 4.69) is 9.97 Å². The van der Waals surface area contributed by atoms with Crippen LogP contribution in [-0.2, 0) is 0 Å². The lowest BCUT2D eigenvalue weighted by atomic mass is 10.2. The quantitative estimate of drug-likeness (QED) is 0.550. The first-order valence-electron chi connectivity index (χ1n) is 4.15. The Kier molecular flexibility index (Phi) is 2.24. The molecule has 1 aromatic heterocycles. The fraction of sp³-hybridized carbons (Fsp3) is 0.111. The highest BCUT2D eigenvalue weighted by molar-refractivity contribution is 6.33. The molecule has 0 spiro atoms. The van der Waals surface area contributed by atoms with Gasteiger partial charge in [0.1, 0.15) is 5.02 Å². The Morgan fingerprint density at radius 3 is 2.80 bits per heavy atom. The minimum absolute atomic E-state index is 0.0747. The fourth-order valence-electron chi connectivity index (χ4n) is 1.25. The summed E-state index contributed by atoms with van der Waals surface area (Å²) in [5.74, 6) is 0. The van der Waals surface area contributed by atoms with E-state index in [0.717, 1.165) is 0 Å². The van der Waals surface area contributed by atoms with Crippen LogP contribution in [0, 0.1) is 17.0 Å². The minimum Gasteiger partial charge on any atom is -0.258 e. The van der Waals surface area contributed by atoms with E-state index in [-0.39, 0.29) is 10.7 Å². The fourth-order valence-corrected chi connectivity index (χ4v) is 1.48. The standard InChI is InChI=1S/C9H6ClN3O2/c1-5-4-11-7-2-6(10)9(13(14)15)3-8(7)12-5/h2-4H,1H3. The van der Waals surface area contributed by atoms with Gasteiger partial charge in [-0.2, -0.15) is 0 Å². The Hall–Kier alpha value is -1.75. The van der Waals surface area contributed by atoms with Crippen molar-refractivity contribution in [3.63, 3.8) is 0 Å². The first kappa shape index (κ1) is 9.79. The van der Waals surface area contributed by atoms with Gasteiger partial charge < -0.3 is 0 Å². The topological polar surface area (TPSA) is 68.9 Å². The summed E-state index contributed by atoms with van der Waals surface area (Å²) in [6, 6.07) is 2.78. The van der Waals surface area contributed by atoms with Gasteiger partial charge in [0.2, 0.25) is 0 Å². The van der Waals surface area contributed by atoms with Gasteiger partial charge in [0.15, 0.2) is 0 Å². The van der Waals surface area contributed by atoms with Crippen molar-refractivity contribution in [2.24, 2.45) is 0 Å². The van der Waals surface area contributed by atoms with Crippen molar-refractivity contribution in [1.29, 1.82) is 0 Å². The molecule has 0 saturated carbocycles. The molecule has 0 aliphatic rings. The Morgan fingerprint density at radius 2 is 2.13 bits per heavy atom. The molecular formula is C9H6ClN3O2. The lowest BCUT2D eigenvalue weighted by molar-refractivity contribution is -0.384. The zero-order valence-corrected chi connectivity index (χ0v) is 8.52. The van der Waals surface area contributed by atoms with E-state index in [1.807, 2.05) is 0 Å². The summed E-state index contributed by atoms with van der Waals surface area (Å²) in [6.07, 6.45) is 1.59. The number of fused-ring (bicyclic) bond motifs is 1. The number of hydrogen-bond acceptors (Lipinski definition) is 4. The van der Waals surface area contributed by atoms with Crippen LogP contribution in [0.25, 0.3) is 11.0 Å². The largest absolute Gasteiger partial charge is 0.290 e. The molecule has 0 unspecified atom stereocenters. The van der Waals surface area contributed by atoms with Crippen LogP contribution in [0.2, 0.25) is 5.02 Å². The third-order valence-electron chi connectivity index (χ3n) is 1.93. The average Bonchev–Trinajstić information content (AvgIpc) is 2.17. The lowest BCUT2D eigenvalue weighted by Crippen LogP contribution is -1.92. The molecule has 0 saturated heterocycles. The maximum absolute atomic E-state index is 10.6.